The van der Waals surface area contributed by atoms with Crippen LogP contribution < -0.4 is 5.32 Å². The molecule has 0 saturated carbocycles. The molecule has 0 aromatic carbocycles. The van der Waals surface area contributed by atoms with Crippen molar-refractivity contribution in [2.24, 2.45) is 0 Å². The summed E-state index contributed by atoms with van der Waals surface area (Å²) in [5, 5.41) is 3.21. The van der Waals surface area contributed by atoms with Crippen molar-refractivity contribution >= 4 is 11.0 Å². The fourth-order valence-electron chi connectivity index (χ4n) is 1.79. The molecule has 0 aliphatic carbocycles. The molecular formula is C11H16N4. The van der Waals surface area contributed by atoms with E-state index in [1.54, 1.807) is 0 Å². The predicted octanol–water partition coefficient (Wildman–Crippen LogP) is 1.73. The Kier molecular flexibility index (Phi) is 2.68. The maximum absolute atomic E-state index is 4.59. The van der Waals surface area contributed by atoms with Crippen LogP contribution in [0.2, 0.25) is 0 Å². The number of rotatable bonds is 3. The first-order chi connectivity index (χ1) is 7.27. The molecule has 4 heteroatoms. The summed E-state index contributed by atoms with van der Waals surface area (Å²) >= 11 is 0. The lowest BCUT2D eigenvalue weighted by molar-refractivity contribution is 0.570. The molecular weight excluding hydrogens is 188 g/mol. The van der Waals surface area contributed by atoms with Crippen LogP contribution in [0.4, 0.5) is 0 Å². The third-order valence-corrected chi connectivity index (χ3v) is 2.72. The van der Waals surface area contributed by atoms with Gasteiger partial charge in [-0.05, 0) is 27.0 Å². The monoisotopic (exact) mass is 204 g/mol. The lowest BCUT2D eigenvalue weighted by atomic mass is 10.3. The average molecular weight is 204 g/mol. The molecule has 0 saturated heterocycles. The van der Waals surface area contributed by atoms with Gasteiger partial charge >= 0.3 is 0 Å². The summed E-state index contributed by atoms with van der Waals surface area (Å²) in [5.74, 6) is 1.07. The second-order valence-corrected chi connectivity index (χ2v) is 3.59. The summed E-state index contributed by atoms with van der Waals surface area (Å²) < 4.78 is 2.22. The zero-order valence-electron chi connectivity index (χ0n) is 9.36. The van der Waals surface area contributed by atoms with E-state index in [0.717, 1.165) is 23.4 Å². The zero-order chi connectivity index (χ0) is 10.8. The summed E-state index contributed by atoms with van der Waals surface area (Å²) in [6.45, 7) is 5.18. The van der Waals surface area contributed by atoms with Gasteiger partial charge in [-0.15, -0.1) is 0 Å². The van der Waals surface area contributed by atoms with Gasteiger partial charge in [-0.1, -0.05) is 0 Å². The fourth-order valence-corrected chi connectivity index (χ4v) is 1.79. The van der Waals surface area contributed by atoms with Crippen molar-refractivity contribution in [3.63, 3.8) is 0 Å². The fraction of sp³-hybridized carbons (Fsp3) is 0.455. The molecule has 0 spiro atoms. The van der Waals surface area contributed by atoms with Crippen molar-refractivity contribution in [2.45, 2.75) is 26.4 Å². The van der Waals surface area contributed by atoms with E-state index in [1.165, 1.54) is 0 Å². The third kappa shape index (κ3) is 1.61. The van der Waals surface area contributed by atoms with E-state index in [0.29, 0.717) is 0 Å². The minimum absolute atomic E-state index is 0.261. The minimum Gasteiger partial charge on any atom is -0.327 e. The Hall–Kier alpha value is -1.42. The van der Waals surface area contributed by atoms with Gasteiger partial charge in [0.05, 0.1) is 17.8 Å². The maximum Gasteiger partial charge on any atom is 0.126 e. The van der Waals surface area contributed by atoms with Crippen LogP contribution >= 0.6 is 0 Å². The van der Waals surface area contributed by atoms with E-state index in [-0.39, 0.29) is 6.04 Å². The lowest BCUT2D eigenvalue weighted by Crippen LogP contribution is -2.17. The number of hydrogen-bond donors (Lipinski definition) is 1. The Morgan fingerprint density at radius 2 is 2.33 bits per heavy atom. The van der Waals surface area contributed by atoms with Gasteiger partial charge in [0.15, 0.2) is 0 Å². The quantitative estimate of drug-likeness (QED) is 0.828. The molecule has 2 rings (SSSR count). The molecule has 1 atom stereocenters. The van der Waals surface area contributed by atoms with E-state index < -0.39 is 0 Å². The molecule has 80 valence electrons. The Morgan fingerprint density at radius 1 is 1.53 bits per heavy atom. The topological polar surface area (TPSA) is 42.7 Å². The molecule has 0 fully saturated rings. The Bertz CT molecular complexity index is 461. The van der Waals surface area contributed by atoms with Gasteiger partial charge in [-0.2, -0.15) is 0 Å². The average Bonchev–Trinajstić information content (AvgIpc) is 2.66. The highest BCUT2D eigenvalue weighted by molar-refractivity contribution is 5.74. The van der Waals surface area contributed by atoms with Crippen LogP contribution in [0.3, 0.4) is 0 Å². The first kappa shape index (κ1) is 10.1. The second kappa shape index (κ2) is 3.98. The largest absolute Gasteiger partial charge is 0.327 e. The van der Waals surface area contributed by atoms with E-state index in [9.17, 15) is 0 Å². The number of hydrogen-bond acceptors (Lipinski definition) is 3. The molecule has 0 bridgehead atoms. The Morgan fingerprint density at radius 3 is 3.00 bits per heavy atom. The summed E-state index contributed by atoms with van der Waals surface area (Å²) in [7, 11) is 1.95. The van der Waals surface area contributed by atoms with Crippen molar-refractivity contribution in [1.29, 1.82) is 0 Å². The van der Waals surface area contributed by atoms with E-state index in [2.05, 4.69) is 33.7 Å². The normalized spacial score (nSPS) is 13.3. The smallest absolute Gasteiger partial charge is 0.126 e. The zero-order valence-corrected chi connectivity index (χ0v) is 9.36. The summed E-state index contributed by atoms with van der Waals surface area (Å²) in [6, 6.07) is 2.27. The van der Waals surface area contributed by atoms with Crippen LogP contribution in [-0.4, -0.2) is 21.6 Å². The maximum atomic E-state index is 4.59. The number of nitrogens with one attached hydrogen (secondary N) is 1. The number of aryl methyl sites for hydroxylation is 1. The molecule has 0 aliphatic heterocycles. The lowest BCUT2D eigenvalue weighted by Gasteiger charge is -2.11. The van der Waals surface area contributed by atoms with Gasteiger partial charge in [0.25, 0.3) is 0 Å². The number of pyridine rings is 1. The van der Waals surface area contributed by atoms with Crippen LogP contribution in [-0.2, 0) is 6.54 Å². The summed E-state index contributed by atoms with van der Waals surface area (Å²) in [6.07, 6.45) is 3.62. The van der Waals surface area contributed by atoms with Crippen LogP contribution in [0, 0.1) is 0 Å². The van der Waals surface area contributed by atoms with E-state index in [1.807, 2.05) is 25.5 Å². The first-order valence-electron chi connectivity index (χ1n) is 5.25. The minimum atomic E-state index is 0.261. The van der Waals surface area contributed by atoms with Gasteiger partial charge in [0.1, 0.15) is 11.3 Å². The Labute approximate surface area is 89.3 Å². The van der Waals surface area contributed by atoms with Crippen LogP contribution in [0.15, 0.2) is 18.5 Å². The van der Waals surface area contributed by atoms with Gasteiger partial charge in [0.2, 0.25) is 0 Å². The molecule has 0 aliphatic rings. The highest BCUT2D eigenvalue weighted by Crippen LogP contribution is 2.19. The molecule has 1 unspecified atom stereocenters. The first-order valence-corrected chi connectivity index (χ1v) is 5.25. The van der Waals surface area contributed by atoms with Crippen LogP contribution in [0.5, 0.6) is 0 Å². The number of aromatic nitrogens is 3. The number of fused-ring (bicyclic) bond motifs is 1. The predicted molar refractivity (Wildman–Crippen MR) is 60.7 cm³/mol. The van der Waals surface area contributed by atoms with Crippen LogP contribution in [0.25, 0.3) is 11.0 Å². The highest BCUT2D eigenvalue weighted by Gasteiger charge is 2.13. The van der Waals surface area contributed by atoms with Gasteiger partial charge in [-0.3, -0.25) is 4.98 Å². The van der Waals surface area contributed by atoms with Crippen LogP contribution in [0.1, 0.15) is 25.7 Å². The Balaban J connectivity index is 2.63. The second-order valence-electron chi connectivity index (χ2n) is 3.59. The summed E-state index contributed by atoms with van der Waals surface area (Å²) in [4.78, 5) is 8.68. The number of imidazole rings is 1. The van der Waals surface area contributed by atoms with Crippen molar-refractivity contribution in [3.05, 3.63) is 24.3 Å². The van der Waals surface area contributed by atoms with E-state index in [4.69, 9.17) is 0 Å². The summed E-state index contributed by atoms with van der Waals surface area (Å²) in [5.41, 5.74) is 2.13. The molecule has 2 aromatic heterocycles. The molecule has 0 amide bonds. The molecule has 15 heavy (non-hydrogen) atoms. The van der Waals surface area contributed by atoms with Crippen molar-refractivity contribution in [1.82, 2.24) is 19.9 Å². The molecule has 2 aromatic rings. The molecule has 0 radical (unpaired) electrons. The molecule has 1 N–H and O–H groups in total. The van der Waals surface area contributed by atoms with Crippen molar-refractivity contribution < 1.29 is 0 Å². The molecule has 4 nitrogen and oxygen atoms in total. The van der Waals surface area contributed by atoms with Gasteiger partial charge < -0.3 is 9.88 Å². The third-order valence-electron chi connectivity index (χ3n) is 2.72. The molecule has 2 heterocycles. The highest BCUT2D eigenvalue weighted by atomic mass is 15.1. The van der Waals surface area contributed by atoms with E-state index >= 15 is 0 Å². The van der Waals surface area contributed by atoms with Gasteiger partial charge in [0, 0.05) is 12.7 Å². The standard InChI is InChI=1S/C11H16N4/c1-4-15-10-5-6-13-7-9(10)14-11(15)8(2)12-3/h5-8,12H,4H2,1-3H3. The van der Waals surface area contributed by atoms with Crippen molar-refractivity contribution in [3.8, 4) is 0 Å². The van der Waals surface area contributed by atoms with Gasteiger partial charge in [-0.25, -0.2) is 4.98 Å². The van der Waals surface area contributed by atoms with Crippen molar-refractivity contribution in [2.75, 3.05) is 7.05 Å². The SMILES string of the molecule is CCn1c(C(C)NC)nc2cnccc21. The number of nitrogens with zero attached hydrogens (tertiary/aromatic N) is 3.